The van der Waals surface area contributed by atoms with Crippen molar-refractivity contribution in [2.24, 2.45) is 11.8 Å². The number of halogens is 1. The molecule has 3 rings (SSSR count). The van der Waals surface area contributed by atoms with Crippen LogP contribution in [0.3, 0.4) is 0 Å². The molecule has 2 aromatic rings. The van der Waals surface area contributed by atoms with Crippen molar-refractivity contribution in [3.05, 3.63) is 64.2 Å². The molecule has 5 nitrogen and oxygen atoms in total. The second-order valence-electron chi connectivity index (χ2n) is 8.99. The number of hydrogen-bond acceptors (Lipinski definition) is 4. The van der Waals surface area contributed by atoms with E-state index in [0.717, 1.165) is 49.0 Å². The quantitative estimate of drug-likeness (QED) is 0.411. The summed E-state index contributed by atoms with van der Waals surface area (Å²) >= 11 is 6.26. The summed E-state index contributed by atoms with van der Waals surface area (Å²) in [6, 6.07) is 12.9. The number of amides is 1. The first kappa shape index (κ1) is 26.1. The third-order valence-corrected chi connectivity index (χ3v) is 7.20. The standard InChI is InChI=1S/C28H37ClN2O3/c1-4-21(5-2)22-14-17-31(18-15-22)26-12-11-24(29)19-25(26)27(32)30-16-13-20-7-9-23(10-8-20)28(33)34-6-3/h7-12,19,21-22H,4-6,13-18H2,1-3H3,(H,30,32). The summed E-state index contributed by atoms with van der Waals surface area (Å²) in [6.45, 7) is 9.16. The SMILES string of the molecule is CCOC(=O)c1ccc(CCNC(=O)c2cc(Cl)ccc2N2CCC(C(CC)CC)CC2)cc1. The van der Waals surface area contributed by atoms with Gasteiger partial charge in [0.25, 0.3) is 5.91 Å². The van der Waals surface area contributed by atoms with Gasteiger partial charge in [0.1, 0.15) is 0 Å². The largest absolute Gasteiger partial charge is 0.462 e. The average Bonchev–Trinajstić information content (AvgIpc) is 2.86. The fraction of sp³-hybridized carbons (Fsp3) is 0.500. The van der Waals surface area contributed by atoms with Gasteiger partial charge >= 0.3 is 5.97 Å². The van der Waals surface area contributed by atoms with E-state index in [-0.39, 0.29) is 11.9 Å². The number of rotatable bonds is 10. The van der Waals surface area contributed by atoms with Crippen molar-refractivity contribution in [1.29, 1.82) is 0 Å². The lowest BCUT2D eigenvalue weighted by Crippen LogP contribution is -2.37. The molecule has 0 radical (unpaired) electrons. The van der Waals surface area contributed by atoms with E-state index in [0.29, 0.717) is 35.7 Å². The Morgan fingerprint density at radius 1 is 1.06 bits per heavy atom. The number of carbonyl (C=O) groups excluding carboxylic acids is 2. The van der Waals surface area contributed by atoms with Crippen LogP contribution < -0.4 is 10.2 Å². The second kappa shape index (κ2) is 12.8. The lowest BCUT2D eigenvalue weighted by Gasteiger charge is -2.37. The van der Waals surface area contributed by atoms with Crippen LogP contribution >= 0.6 is 11.6 Å². The monoisotopic (exact) mass is 484 g/mol. The zero-order valence-electron chi connectivity index (χ0n) is 20.6. The van der Waals surface area contributed by atoms with Gasteiger partial charge < -0.3 is 15.0 Å². The van der Waals surface area contributed by atoms with Crippen molar-refractivity contribution < 1.29 is 14.3 Å². The molecule has 1 N–H and O–H groups in total. The number of nitrogens with zero attached hydrogens (tertiary/aromatic N) is 1. The van der Waals surface area contributed by atoms with Crippen LogP contribution in [0.1, 0.15) is 72.7 Å². The molecule has 1 heterocycles. The van der Waals surface area contributed by atoms with E-state index < -0.39 is 0 Å². The van der Waals surface area contributed by atoms with Crippen LogP contribution in [-0.4, -0.2) is 38.1 Å². The predicted octanol–water partition coefficient (Wildman–Crippen LogP) is 6.14. The number of esters is 1. The van der Waals surface area contributed by atoms with Crippen molar-refractivity contribution in [3.63, 3.8) is 0 Å². The van der Waals surface area contributed by atoms with E-state index in [9.17, 15) is 9.59 Å². The Bertz CT molecular complexity index is 949. The molecule has 0 unspecified atom stereocenters. The molecule has 2 aromatic carbocycles. The van der Waals surface area contributed by atoms with Crippen molar-refractivity contribution in [2.45, 2.75) is 52.9 Å². The number of carbonyl (C=O) groups is 2. The Balaban J connectivity index is 1.59. The molecule has 0 saturated carbocycles. The van der Waals surface area contributed by atoms with Crippen LogP contribution in [-0.2, 0) is 11.2 Å². The Labute approximate surface area is 208 Å². The topological polar surface area (TPSA) is 58.6 Å². The maximum Gasteiger partial charge on any atom is 0.338 e. The summed E-state index contributed by atoms with van der Waals surface area (Å²) in [5.74, 6) is 1.13. The first-order valence-corrected chi connectivity index (χ1v) is 12.9. The highest BCUT2D eigenvalue weighted by Crippen LogP contribution is 2.33. The summed E-state index contributed by atoms with van der Waals surface area (Å²) in [5, 5.41) is 3.61. The number of anilines is 1. The minimum absolute atomic E-state index is 0.109. The molecule has 1 saturated heterocycles. The van der Waals surface area contributed by atoms with Crippen LogP contribution in [0.25, 0.3) is 0 Å². The van der Waals surface area contributed by atoms with Crippen LogP contribution in [0, 0.1) is 11.8 Å². The van der Waals surface area contributed by atoms with Gasteiger partial charge in [-0.15, -0.1) is 0 Å². The second-order valence-corrected chi connectivity index (χ2v) is 9.42. The van der Waals surface area contributed by atoms with Crippen molar-refractivity contribution in [3.8, 4) is 0 Å². The maximum absolute atomic E-state index is 13.1. The zero-order valence-corrected chi connectivity index (χ0v) is 21.4. The molecule has 6 heteroatoms. The van der Waals surface area contributed by atoms with E-state index >= 15 is 0 Å². The van der Waals surface area contributed by atoms with E-state index in [1.807, 2.05) is 24.3 Å². The lowest BCUT2D eigenvalue weighted by atomic mass is 9.81. The van der Waals surface area contributed by atoms with Gasteiger partial charge in [0.2, 0.25) is 0 Å². The summed E-state index contributed by atoms with van der Waals surface area (Å²) in [6.07, 6.45) is 5.48. The van der Waals surface area contributed by atoms with Gasteiger partial charge in [-0.2, -0.15) is 0 Å². The van der Waals surface area contributed by atoms with Crippen LogP contribution in [0.4, 0.5) is 5.69 Å². The Kier molecular flexibility index (Phi) is 9.82. The fourth-order valence-electron chi connectivity index (χ4n) is 4.97. The molecule has 1 aliphatic rings. The number of benzene rings is 2. The molecule has 184 valence electrons. The molecule has 1 amide bonds. The van der Waals surface area contributed by atoms with Gasteiger partial charge in [-0.05, 0) is 73.9 Å². The predicted molar refractivity (Wildman–Crippen MR) is 139 cm³/mol. The maximum atomic E-state index is 13.1. The highest BCUT2D eigenvalue weighted by molar-refractivity contribution is 6.31. The van der Waals surface area contributed by atoms with Gasteiger partial charge in [0.05, 0.1) is 17.7 Å². The van der Waals surface area contributed by atoms with Crippen LogP contribution in [0.2, 0.25) is 5.02 Å². The minimum Gasteiger partial charge on any atom is -0.462 e. The molecular weight excluding hydrogens is 448 g/mol. The van der Waals surface area contributed by atoms with Crippen LogP contribution in [0.15, 0.2) is 42.5 Å². The molecular formula is C28H37ClN2O3. The van der Waals surface area contributed by atoms with Gasteiger partial charge in [0.15, 0.2) is 0 Å². The summed E-state index contributed by atoms with van der Waals surface area (Å²) < 4.78 is 5.02. The minimum atomic E-state index is -0.320. The average molecular weight is 485 g/mol. The zero-order chi connectivity index (χ0) is 24.5. The Hall–Kier alpha value is -2.53. The van der Waals surface area contributed by atoms with E-state index in [1.165, 1.54) is 12.8 Å². The molecule has 0 spiro atoms. The lowest BCUT2D eigenvalue weighted by molar-refractivity contribution is 0.0526. The van der Waals surface area contributed by atoms with Crippen LogP contribution in [0.5, 0.6) is 0 Å². The third-order valence-electron chi connectivity index (χ3n) is 6.96. The number of nitrogens with one attached hydrogen (secondary N) is 1. The molecule has 0 aromatic heterocycles. The van der Waals surface area contributed by atoms with E-state index in [1.54, 1.807) is 25.1 Å². The summed E-state index contributed by atoms with van der Waals surface area (Å²) in [7, 11) is 0. The number of piperidine rings is 1. The molecule has 0 bridgehead atoms. The number of ether oxygens (including phenoxy) is 1. The summed E-state index contributed by atoms with van der Waals surface area (Å²) in [5.41, 5.74) is 3.17. The smallest absolute Gasteiger partial charge is 0.338 e. The third kappa shape index (κ3) is 6.75. The van der Waals surface area contributed by atoms with Gasteiger partial charge in [0, 0.05) is 30.3 Å². The van der Waals surface area contributed by atoms with E-state index in [2.05, 4.69) is 24.1 Å². The molecule has 1 aliphatic heterocycles. The molecule has 0 atom stereocenters. The molecule has 34 heavy (non-hydrogen) atoms. The number of hydrogen-bond donors (Lipinski definition) is 1. The van der Waals surface area contributed by atoms with E-state index in [4.69, 9.17) is 16.3 Å². The molecule has 1 fully saturated rings. The summed E-state index contributed by atoms with van der Waals surface area (Å²) in [4.78, 5) is 27.2. The highest BCUT2D eigenvalue weighted by Gasteiger charge is 2.26. The molecule has 0 aliphatic carbocycles. The van der Waals surface area contributed by atoms with Crippen molar-refractivity contribution in [1.82, 2.24) is 5.32 Å². The Morgan fingerprint density at radius 3 is 2.35 bits per heavy atom. The van der Waals surface area contributed by atoms with Gasteiger partial charge in [-0.3, -0.25) is 4.79 Å². The van der Waals surface area contributed by atoms with Gasteiger partial charge in [-0.1, -0.05) is 50.4 Å². The first-order chi connectivity index (χ1) is 16.5. The fourth-order valence-corrected chi connectivity index (χ4v) is 5.14. The first-order valence-electron chi connectivity index (χ1n) is 12.6. The van der Waals surface area contributed by atoms with Gasteiger partial charge in [-0.25, -0.2) is 4.79 Å². The Morgan fingerprint density at radius 2 is 1.74 bits per heavy atom. The van der Waals surface area contributed by atoms with Crippen molar-refractivity contribution in [2.75, 3.05) is 31.1 Å². The normalized spacial score (nSPS) is 14.3. The van der Waals surface area contributed by atoms with Crippen molar-refractivity contribution >= 4 is 29.2 Å². The highest BCUT2D eigenvalue weighted by atomic mass is 35.5.